The first-order valence-corrected chi connectivity index (χ1v) is 6.52. The van der Waals surface area contributed by atoms with E-state index in [1.807, 2.05) is 13.8 Å². The van der Waals surface area contributed by atoms with Crippen LogP contribution in [0.4, 0.5) is 4.79 Å². The molecule has 0 aromatic rings. The highest BCUT2D eigenvalue weighted by Crippen LogP contribution is 2.20. The van der Waals surface area contributed by atoms with Gasteiger partial charge in [-0.2, -0.15) is 0 Å². The van der Waals surface area contributed by atoms with Gasteiger partial charge >= 0.3 is 12.0 Å². The number of hydrogen-bond acceptors (Lipinski definition) is 3. The van der Waals surface area contributed by atoms with E-state index in [-0.39, 0.29) is 12.6 Å². The second kappa shape index (κ2) is 7.33. The topological polar surface area (TPSA) is 89.9 Å². The first-order chi connectivity index (χ1) is 8.61. The molecule has 0 aliphatic heterocycles. The van der Waals surface area contributed by atoms with E-state index in [1.54, 1.807) is 20.8 Å². The predicted octanol–water partition coefficient (Wildman–Crippen LogP) is 1.29. The maximum Gasteiger partial charge on any atom is 0.326 e. The molecule has 0 aliphatic rings. The molecule has 0 radical (unpaired) electrons. The van der Waals surface area contributed by atoms with Crippen molar-refractivity contribution in [2.75, 3.05) is 13.2 Å². The van der Waals surface area contributed by atoms with Crippen molar-refractivity contribution in [1.82, 2.24) is 10.2 Å². The highest BCUT2D eigenvalue weighted by molar-refractivity contribution is 5.83. The summed E-state index contributed by atoms with van der Waals surface area (Å²) in [5.74, 6) is -1.05. The number of urea groups is 1. The minimum atomic E-state index is -1.05. The fraction of sp³-hybridized carbons (Fsp3) is 0.846. The van der Waals surface area contributed by atoms with Gasteiger partial charge in [-0.1, -0.05) is 20.8 Å². The zero-order valence-electron chi connectivity index (χ0n) is 12.4. The molecule has 0 saturated heterocycles. The molecule has 6 nitrogen and oxygen atoms in total. The lowest BCUT2D eigenvalue weighted by molar-refractivity contribution is -0.142. The van der Waals surface area contributed by atoms with E-state index in [0.29, 0.717) is 13.0 Å². The van der Waals surface area contributed by atoms with Crippen LogP contribution < -0.4 is 5.32 Å². The molecule has 19 heavy (non-hydrogen) atoms. The summed E-state index contributed by atoms with van der Waals surface area (Å²) in [5, 5.41) is 20.6. The molecule has 6 heteroatoms. The van der Waals surface area contributed by atoms with Crippen LogP contribution in [-0.4, -0.2) is 52.3 Å². The molecule has 0 aromatic carbocycles. The minimum absolute atomic E-state index is 0.00186. The normalized spacial score (nSPS) is 13.2. The summed E-state index contributed by atoms with van der Waals surface area (Å²) in [6.07, 6.45) is 0.471. The quantitative estimate of drug-likeness (QED) is 0.680. The molecule has 0 heterocycles. The zero-order valence-corrected chi connectivity index (χ0v) is 12.4. The first kappa shape index (κ1) is 17.7. The van der Waals surface area contributed by atoms with Gasteiger partial charge < -0.3 is 20.4 Å². The number of nitrogens with zero attached hydrogens (tertiary/aromatic N) is 1. The summed E-state index contributed by atoms with van der Waals surface area (Å²) in [7, 11) is 0. The van der Waals surface area contributed by atoms with Crippen LogP contribution in [0.3, 0.4) is 0 Å². The molecule has 3 N–H and O–H groups in total. The standard InChI is InChI=1S/C13H26N2O4/c1-9(2)15(7-6-8-16)12(19)14-10(11(17)18)13(3,4)5/h9-10,16H,6-8H2,1-5H3,(H,14,19)(H,17,18)/t10-/m1/s1. The van der Waals surface area contributed by atoms with Crippen molar-refractivity contribution < 1.29 is 19.8 Å². The smallest absolute Gasteiger partial charge is 0.326 e. The third-order valence-corrected chi connectivity index (χ3v) is 2.82. The Morgan fingerprint density at radius 1 is 1.26 bits per heavy atom. The van der Waals surface area contributed by atoms with Crippen LogP contribution in [0.15, 0.2) is 0 Å². The van der Waals surface area contributed by atoms with Crippen molar-refractivity contribution in [3.8, 4) is 0 Å². The third-order valence-electron chi connectivity index (χ3n) is 2.82. The van der Waals surface area contributed by atoms with Crippen molar-refractivity contribution in [3.05, 3.63) is 0 Å². The van der Waals surface area contributed by atoms with Gasteiger partial charge in [-0.25, -0.2) is 9.59 Å². The van der Waals surface area contributed by atoms with Crippen molar-refractivity contribution in [2.24, 2.45) is 5.41 Å². The van der Waals surface area contributed by atoms with Gasteiger partial charge in [0.2, 0.25) is 0 Å². The van der Waals surface area contributed by atoms with Crippen molar-refractivity contribution >= 4 is 12.0 Å². The first-order valence-electron chi connectivity index (χ1n) is 6.52. The van der Waals surface area contributed by atoms with Gasteiger partial charge in [0.25, 0.3) is 0 Å². The van der Waals surface area contributed by atoms with Gasteiger partial charge in [0, 0.05) is 19.2 Å². The Kier molecular flexibility index (Phi) is 6.83. The predicted molar refractivity (Wildman–Crippen MR) is 73.0 cm³/mol. The maximum absolute atomic E-state index is 12.1. The lowest BCUT2D eigenvalue weighted by Crippen LogP contribution is -2.54. The monoisotopic (exact) mass is 274 g/mol. The van der Waals surface area contributed by atoms with Crippen LogP contribution in [0.1, 0.15) is 41.0 Å². The molecule has 2 amide bonds. The Morgan fingerprint density at radius 2 is 1.79 bits per heavy atom. The highest BCUT2D eigenvalue weighted by Gasteiger charge is 2.34. The molecule has 0 spiro atoms. The number of aliphatic hydroxyl groups excluding tert-OH is 1. The van der Waals surface area contributed by atoms with Gasteiger partial charge in [0.05, 0.1) is 0 Å². The van der Waals surface area contributed by atoms with E-state index < -0.39 is 23.5 Å². The molecular weight excluding hydrogens is 248 g/mol. The van der Waals surface area contributed by atoms with Crippen LogP contribution >= 0.6 is 0 Å². The number of carboxylic acids is 1. The number of nitrogens with one attached hydrogen (secondary N) is 1. The molecule has 0 fully saturated rings. The molecule has 0 bridgehead atoms. The number of hydrogen-bond donors (Lipinski definition) is 3. The number of rotatable bonds is 6. The van der Waals surface area contributed by atoms with Crippen molar-refractivity contribution in [1.29, 1.82) is 0 Å². The second-order valence-electron chi connectivity index (χ2n) is 5.95. The van der Waals surface area contributed by atoms with Gasteiger partial charge in [0.15, 0.2) is 0 Å². The molecule has 0 aromatic heterocycles. The number of aliphatic carboxylic acids is 1. The van der Waals surface area contributed by atoms with Crippen LogP contribution in [0.25, 0.3) is 0 Å². The van der Waals surface area contributed by atoms with Crippen LogP contribution in [0, 0.1) is 5.41 Å². The van der Waals surface area contributed by atoms with Gasteiger partial charge in [-0.05, 0) is 25.7 Å². The summed E-state index contributed by atoms with van der Waals surface area (Å²) in [5.41, 5.74) is -0.568. The Hall–Kier alpha value is -1.30. The Balaban J connectivity index is 4.81. The fourth-order valence-corrected chi connectivity index (χ4v) is 1.69. The molecular formula is C13H26N2O4. The van der Waals surface area contributed by atoms with Gasteiger partial charge in [-0.15, -0.1) is 0 Å². The SMILES string of the molecule is CC(C)N(CCCO)C(=O)N[C@H](C(=O)O)C(C)(C)C. The maximum atomic E-state index is 12.1. The minimum Gasteiger partial charge on any atom is -0.480 e. The Morgan fingerprint density at radius 3 is 2.11 bits per heavy atom. The molecule has 1 atom stereocenters. The van der Waals surface area contributed by atoms with Crippen molar-refractivity contribution in [3.63, 3.8) is 0 Å². The molecule has 0 saturated carbocycles. The Labute approximate surface area is 114 Å². The third kappa shape index (κ3) is 5.92. The largest absolute Gasteiger partial charge is 0.480 e. The number of carboxylic acid groups (broad SMARTS) is 1. The van der Waals surface area contributed by atoms with Gasteiger partial charge in [-0.3, -0.25) is 0 Å². The zero-order chi connectivity index (χ0) is 15.2. The molecule has 112 valence electrons. The molecule has 0 aliphatic carbocycles. The van der Waals surface area contributed by atoms with E-state index in [1.165, 1.54) is 4.90 Å². The van der Waals surface area contributed by atoms with Crippen LogP contribution in [0.2, 0.25) is 0 Å². The van der Waals surface area contributed by atoms with Gasteiger partial charge in [0.1, 0.15) is 6.04 Å². The lowest BCUT2D eigenvalue weighted by atomic mass is 9.87. The summed E-state index contributed by atoms with van der Waals surface area (Å²) in [6.45, 7) is 9.39. The van der Waals surface area contributed by atoms with E-state index in [2.05, 4.69) is 5.32 Å². The second-order valence-corrected chi connectivity index (χ2v) is 5.95. The summed E-state index contributed by atoms with van der Waals surface area (Å²) in [6, 6.07) is -1.41. The van der Waals surface area contributed by atoms with E-state index >= 15 is 0 Å². The highest BCUT2D eigenvalue weighted by atomic mass is 16.4. The Bertz CT molecular complexity index is 310. The average Bonchev–Trinajstić information content (AvgIpc) is 2.23. The van der Waals surface area contributed by atoms with E-state index in [0.717, 1.165) is 0 Å². The summed E-state index contributed by atoms with van der Waals surface area (Å²) >= 11 is 0. The van der Waals surface area contributed by atoms with E-state index in [4.69, 9.17) is 5.11 Å². The number of amides is 2. The van der Waals surface area contributed by atoms with E-state index in [9.17, 15) is 14.7 Å². The number of aliphatic hydroxyl groups is 1. The summed E-state index contributed by atoms with van der Waals surface area (Å²) < 4.78 is 0. The van der Waals surface area contributed by atoms with Crippen LogP contribution in [0.5, 0.6) is 0 Å². The lowest BCUT2D eigenvalue weighted by Gasteiger charge is -2.32. The molecule has 0 rings (SSSR count). The number of carbonyl (C=O) groups is 2. The summed E-state index contributed by atoms with van der Waals surface area (Å²) in [4.78, 5) is 24.9. The number of carbonyl (C=O) groups excluding carboxylic acids is 1. The molecule has 0 unspecified atom stereocenters. The van der Waals surface area contributed by atoms with Crippen LogP contribution in [-0.2, 0) is 4.79 Å². The fourth-order valence-electron chi connectivity index (χ4n) is 1.69. The average molecular weight is 274 g/mol. The van der Waals surface area contributed by atoms with Crippen molar-refractivity contribution in [2.45, 2.75) is 53.1 Å².